The zero-order chi connectivity index (χ0) is 18.1. The first-order chi connectivity index (χ1) is 12.1. The fourth-order valence-electron chi connectivity index (χ4n) is 2.45. The molecule has 6 nitrogen and oxygen atoms in total. The van der Waals surface area contributed by atoms with Gasteiger partial charge in [0.2, 0.25) is 0 Å². The van der Waals surface area contributed by atoms with E-state index in [0.29, 0.717) is 12.5 Å². The van der Waals surface area contributed by atoms with E-state index < -0.39 is 0 Å². The van der Waals surface area contributed by atoms with Gasteiger partial charge in [-0.05, 0) is 24.8 Å². The van der Waals surface area contributed by atoms with Gasteiger partial charge in [0.05, 0.1) is 0 Å². The lowest BCUT2D eigenvalue weighted by atomic mass is 10.0. The Balaban J connectivity index is 1.97. The van der Waals surface area contributed by atoms with E-state index in [0.717, 1.165) is 43.5 Å². The third-order valence-corrected chi connectivity index (χ3v) is 4.33. The first kappa shape index (κ1) is 19.0. The Hall–Kier alpha value is -2.37. The predicted octanol–water partition coefficient (Wildman–Crippen LogP) is 2.76. The minimum atomic E-state index is 0.413. The van der Waals surface area contributed by atoms with Crippen LogP contribution in [0.25, 0.3) is 0 Å². The van der Waals surface area contributed by atoms with Crippen molar-refractivity contribution in [3.8, 4) is 0 Å². The van der Waals surface area contributed by atoms with E-state index >= 15 is 0 Å². The maximum Gasteiger partial charge on any atom is 0.191 e. The quantitative estimate of drug-likeness (QED) is 0.440. The van der Waals surface area contributed by atoms with Crippen molar-refractivity contribution in [1.82, 2.24) is 25.4 Å². The smallest absolute Gasteiger partial charge is 0.191 e. The van der Waals surface area contributed by atoms with Crippen molar-refractivity contribution >= 4 is 5.96 Å². The molecular formula is C19H30N6. The fourth-order valence-corrected chi connectivity index (χ4v) is 2.45. The van der Waals surface area contributed by atoms with Crippen LogP contribution >= 0.6 is 0 Å². The number of nitrogens with one attached hydrogen (secondary N) is 2. The van der Waals surface area contributed by atoms with Gasteiger partial charge in [-0.15, -0.1) is 10.2 Å². The van der Waals surface area contributed by atoms with Crippen LogP contribution in [-0.2, 0) is 13.6 Å². The first-order valence-corrected chi connectivity index (χ1v) is 9.03. The third-order valence-electron chi connectivity index (χ3n) is 4.33. The van der Waals surface area contributed by atoms with Crippen LogP contribution < -0.4 is 10.6 Å². The standard InChI is InChI=1S/C19H30N6/c1-5-6-12-20-19(22-14-18-24-23-16(3)25(18)4)21-13-15(2)17-10-8-7-9-11-17/h7-11,15H,5-6,12-14H2,1-4H3,(H2,20,21,22). The normalized spacial score (nSPS) is 12.9. The zero-order valence-corrected chi connectivity index (χ0v) is 15.8. The number of hydrogen-bond donors (Lipinski definition) is 2. The molecule has 6 heteroatoms. The van der Waals surface area contributed by atoms with E-state index in [-0.39, 0.29) is 0 Å². The second kappa shape index (κ2) is 9.81. The predicted molar refractivity (Wildman–Crippen MR) is 103 cm³/mol. The molecule has 0 aliphatic heterocycles. The van der Waals surface area contributed by atoms with Gasteiger partial charge in [0, 0.05) is 20.1 Å². The number of benzene rings is 1. The molecule has 0 amide bonds. The summed E-state index contributed by atoms with van der Waals surface area (Å²) in [5, 5.41) is 15.1. The van der Waals surface area contributed by atoms with Gasteiger partial charge in [-0.3, -0.25) is 0 Å². The zero-order valence-electron chi connectivity index (χ0n) is 15.8. The van der Waals surface area contributed by atoms with E-state index in [9.17, 15) is 0 Å². The van der Waals surface area contributed by atoms with Crippen molar-refractivity contribution in [3.05, 3.63) is 47.5 Å². The van der Waals surface area contributed by atoms with Crippen molar-refractivity contribution in [2.75, 3.05) is 13.1 Å². The van der Waals surface area contributed by atoms with Crippen molar-refractivity contribution in [2.45, 2.75) is 46.1 Å². The van der Waals surface area contributed by atoms with Gasteiger partial charge in [0.25, 0.3) is 0 Å². The van der Waals surface area contributed by atoms with Gasteiger partial charge in [-0.1, -0.05) is 50.6 Å². The molecule has 2 N–H and O–H groups in total. The number of hydrogen-bond acceptors (Lipinski definition) is 3. The van der Waals surface area contributed by atoms with Gasteiger partial charge < -0.3 is 15.2 Å². The molecule has 1 aromatic heterocycles. The summed E-state index contributed by atoms with van der Waals surface area (Å²) in [4.78, 5) is 4.68. The number of aromatic nitrogens is 3. The highest BCUT2D eigenvalue weighted by molar-refractivity contribution is 5.79. The summed E-state index contributed by atoms with van der Waals surface area (Å²) in [6, 6.07) is 10.5. The molecule has 1 aromatic carbocycles. The molecule has 0 spiro atoms. The molecule has 0 aliphatic carbocycles. The van der Waals surface area contributed by atoms with Crippen LogP contribution in [0, 0.1) is 6.92 Å². The van der Waals surface area contributed by atoms with Crippen LogP contribution in [0.5, 0.6) is 0 Å². The topological polar surface area (TPSA) is 67.1 Å². The van der Waals surface area contributed by atoms with Gasteiger partial charge in [0.15, 0.2) is 11.8 Å². The molecule has 136 valence electrons. The number of rotatable bonds is 8. The molecule has 1 atom stereocenters. The SMILES string of the molecule is CCCCNC(=NCc1nnc(C)n1C)NCC(C)c1ccccc1. The second-order valence-corrected chi connectivity index (χ2v) is 6.36. The lowest BCUT2D eigenvalue weighted by molar-refractivity contribution is 0.677. The number of guanidine groups is 1. The number of nitrogens with zero attached hydrogens (tertiary/aromatic N) is 4. The van der Waals surface area contributed by atoms with Crippen LogP contribution in [-0.4, -0.2) is 33.8 Å². The number of aryl methyl sites for hydroxylation is 1. The molecule has 0 bridgehead atoms. The van der Waals surface area contributed by atoms with Crippen LogP contribution in [0.15, 0.2) is 35.3 Å². The summed E-state index contributed by atoms with van der Waals surface area (Å²) in [6.45, 7) is 8.61. The largest absolute Gasteiger partial charge is 0.356 e. The fraction of sp³-hybridized carbons (Fsp3) is 0.526. The third kappa shape index (κ3) is 5.89. The van der Waals surface area contributed by atoms with Gasteiger partial charge >= 0.3 is 0 Å². The minimum Gasteiger partial charge on any atom is -0.356 e. The molecule has 0 fully saturated rings. The molecular weight excluding hydrogens is 312 g/mol. The van der Waals surface area contributed by atoms with Crippen LogP contribution in [0.2, 0.25) is 0 Å². The summed E-state index contributed by atoms with van der Waals surface area (Å²) in [5.41, 5.74) is 1.33. The second-order valence-electron chi connectivity index (χ2n) is 6.36. The summed E-state index contributed by atoms with van der Waals surface area (Å²) >= 11 is 0. The summed E-state index contributed by atoms with van der Waals surface area (Å²) in [5.74, 6) is 3.01. The summed E-state index contributed by atoms with van der Waals surface area (Å²) < 4.78 is 1.97. The molecule has 2 rings (SSSR count). The van der Waals surface area contributed by atoms with Gasteiger partial charge in [-0.25, -0.2) is 4.99 Å². The lowest BCUT2D eigenvalue weighted by Gasteiger charge is -2.16. The average molecular weight is 342 g/mol. The maximum absolute atomic E-state index is 4.68. The van der Waals surface area contributed by atoms with E-state index in [1.807, 2.05) is 24.6 Å². The molecule has 0 saturated heterocycles. The Kier molecular flexibility index (Phi) is 7.44. The van der Waals surface area contributed by atoms with Crippen molar-refractivity contribution in [1.29, 1.82) is 0 Å². The molecule has 1 heterocycles. The molecule has 2 aromatic rings. The number of unbranched alkanes of at least 4 members (excludes halogenated alkanes) is 1. The summed E-state index contributed by atoms with van der Waals surface area (Å²) in [6.07, 6.45) is 2.28. The first-order valence-electron chi connectivity index (χ1n) is 9.03. The van der Waals surface area contributed by atoms with Crippen LogP contribution in [0.1, 0.15) is 49.8 Å². The Morgan fingerprint density at radius 1 is 1.20 bits per heavy atom. The molecule has 1 unspecified atom stereocenters. The Morgan fingerprint density at radius 3 is 2.60 bits per heavy atom. The number of aliphatic imine (C=N–C) groups is 1. The molecule has 0 aliphatic rings. The lowest BCUT2D eigenvalue weighted by Crippen LogP contribution is -2.39. The van der Waals surface area contributed by atoms with E-state index in [4.69, 9.17) is 0 Å². The average Bonchev–Trinajstić information content (AvgIpc) is 2.96. The maximum atomic E-state index is 4.68. The highest BCUT2D eigenvalue weighted by Crippen LogP contribution is 2.12. The van der Waals surface area contributed by atoms with E-state index in [1.165, 1.54) is 5.56 Å². The Bertz CT molecular complexity index is 662. The van der Waals surface area contributed by atoms with Gasteiger partial charge in [0.1, 0.15) is 12.4 Å². The Labute approximate surface area is 150 Å². The molecule has 0 saturated carbocycles. The van der Waals surface area contributed by atoms with Crippen molar-refractivity contribution in [2.24, 2.45) is 12.0 Å². The van der Waals surface area contributed by atoms with Crippen LogP contribution in [0.4, 0.5) is 0 Å². The highest BCUT2D eigenvalue weighted by Gasteiger charge is 2.08. The van der Waals surface area contributed by atoms with Gasteiger partial charge in [-0.2, -0.15) is 0 Å². The van der Waals surface area contributed by atoms with Crippen LogP contribution in [0.3, 0.4) is 0 Å². The van der Waals surface area contributed by atoms with Crippen molar-refractivity contribution < 1.29 is 0 Å². The minimum absolute atomic E-state index is 0.413. The molecule has 0 radical (unpaired) electrons. The van der Waals surface area contributed by atoms with Crippen molar-refractivity contribution in [3.63, 3.8) is 0 Å². The Morgan fingerprint density at radius 2 is 1.96 bits per heavy atom. The van der Waals surface area contributed by atoms with E-state index in [2.05, 4.69) is 63.9 Å². The summed E-state index contributed by atoms with van der Waals surface area (Å²) in [7, 11) is 1.97. The molecule has 25 heavy (non-hydrogen) atoms. The highest BCUT2D eigenvalue weighted by atomic mass is 15.3. The monoisotopic (exact) mass is 342 g/mol. The van der Waals surface area contributed by atoms with E-state index in [1.54, 1.807) is 0 Å².